The van der Waals surface area contributed by atoms with E-state index in [0.29, 0.717) is 40.3 Å². The Hall–Kier alpha value is -2.63. The number of benzene rings is 2. The fourth-order valence-electron chi connectivity index (χ4n) is 4.07. The minimum atomic E-state index is -1.81. The molecule has 0 saturated heterocycles. The Balaban J connectivity index is 0.00000578. The average molecular weight is 493 g/mol. The van der Waals surface area contributed by atoms with Crippen molar-refractivity contribution < 1.29 is 34.0 Å². The highest BCUT2D eigenvalue weighted by Crippen LogP contribution is 2.51. The summed E-state index contributed by atoms with van der Waals surface area (Å²) in [4.78, 5) is 28.0. The first-order valence-corrected chi connectivity index (χ1v) is 12.4. The highest BCUT2D eigenvalue weighted by atomic mass is 31.1. The van der Waals surface area contributed by atoms with Crippen molar-refractivity contribution in [1.82, 2.24) is 0 Å². The largest absolute Gasteiger partial charge is 0.496 e. The summed E-state index contributed by atoms with van der Waals surface area (Å²) in [7, 11) is 4.19. The summed E-state index contributed by atoms with van der Waals surface area (Å²) >= 11 is 0. The summed E-state index contributed by atoms with van der Waals surface area (Å²) in [6, 6.07) is 10.3. The molecule has 8 heteroatoms. The van der Waals surface area contributed by atoms with E-state index in [-0.39, 0.29) is 27.9 Å². The molecule has 0 aliphatic rings. The Kier molecular flexibility index (Phi) is 11.0. The zero-order valence-corrected chi connectivity index (χ0v) is 22.2. The van der Waals surface area contributed by atoms with Gasteiger partial charge in [-0.2, -0.15) is 0 Å². The molecule has 2 aromatic carbocycles. The number of hydrogen-bond donors (Lipinski definition) is 0. The van der Waals surface area contributed by atoms with E-state index in [1.807, 2.05) is 0 Å². The Bertz CT molecular complexity index is 870. The molecule has 0 bridgehead atoms. The molecule has 34 heavy (non-hydrogen) atoms. The number of ether oxygens (including phenoxy) is 4. The van der Waals surface area contributed by atoms with Crippen LogP contribution in [0, 0.1) is 11.3 Å². The predicted molar refractivity (Wildman–Crippen MR) is 136 cm³/mol. The first-order valence-electron chi connectivity index (χ1n) is 10.9. The van der Waals surface area contributed by atoms with E-state index in [2.05, 4.69) is 27.7 Å². The van der Waals surface area contributed by atoms with E-state index in [1.54, 1.807) is 36.4 Å². The summed E-state index contributed by atoms with van der Waals surface area (Å²) in [6.45, 7) is 8.55. The number of carbonyl (C=O) groups is 2. The highest BCUT2D eigenvalue weighted by Gasteiger charge is 2.36. The third-order valence-corrected chi connectivity index (χ3v) is 7.65. The first kappa shape index (κ1) is 29.4. The van der Waals surface area contributed by atoms with Crippen molar-refractivity contribution in [3.8, 4) is 23.0 Å². The van der Waals surface area contributed by atoms with Gasteiger partial charge in [0.1, 0.15) is 34.1 Å². The fourth-order valence-corrected chi connectivity index (χ4v) is 6.32. The van der Waals surface area contributed by atoms with Gasteiger partial charge in [0, 0.05) is 7.92 Å². The smallest absolute Gasteiger partial charge is 0.199 e. The number of methoxy groups -OCH3 is 4. The SMILES string of the molecule is COc1cccc(OC)c1C(=O)P(CC(C)CC(C)(C)C)C(=O)c1c(OC)cccc1OC.O. The molecule has 2 N–H and O–H groups in total. The Labute approximate surface area is 203 Å². The van der Waals surface area contributed by atoms with Crippen molar-refractivity contribution in [2.45, 2.75) is 34.1 Å². The lowest BCUT2D eigenvalue weighted by molar-refractivity contribution is 0.104. The molecule has 0 radical (unpaired) electrons. The monoisotopic (exact) mass is 492 g/mol. The molecular weight excluding hydrogens is 455 g/mol. The van der Waals surface area contributed by atoms with Gasteiger partial charge in [0.15, 0.2) is 11.0 Å². The molecule has 188 valence electrons. The van der Waals surface area contributed by atoms with Gasteiger partial charge in [-0.15, -0.1) is 0 Å². The molecule has 0 aromatic heterocycles. The van der Waals surface area contributed by atoms with Crippen LogP contribution in [-0.2, 0) is 0 Å². The summed E-state index contributed by atoms with van der Waals surface area (Å²) in [5.74, 6) is 1.68. The number of hydrogen-bond acceptors (Lipinski definition) is 6. The van der Waals surface area contributed by atoms with Gasteiger partial charge in [-0.25, -0.2) is 0 Å². The molecule has 0 saturated carbocycles. The third-order valence-electron chi connectivity index (χ3n) is 5.23. The molecule has 0 aliphatic carbocycles. The summed E-state index contributed by atoms with van der Waals surface area (Å²) in [5.41, 5.74) is 0.0881. The van der Waals surface area contributed by atoms with Crippen LogP contribution in [0.3, 0.4) is 0 Å². The molecule has 0 heterocycles. The quantitative estimate of drug-likeness (QED) is 0.388. The lowest BCUT2D eigenvalue weighted by atomic mass is 9.86. The van der Waals surface area contributed by atoms with Gasteiger partial charge < -0.3 is 24.4 Å². The van der Waals surface area contributed by atoms with Gasteiger partial charge in [-0.3, -0.25) is 9.59 Å². The number of carbonyl (C=O) groups excluding carboxylic acids is 2. The molecule has 7 nitrogen and oxygen atoms in total. The molecule has 2 aromatic rings. The van der Waals surface area contributed by atoms with E-state index in [4.69, 9.17) is 18.9 Å². The van der Waals surface area contributed by atoms with Crippen LogP contribution in [0.4, 0.5) is 0 Å². The maximum absolute atomic E-state index is 14.0. The minimum Gasteiger partial charge on any atom is -0.496 e. The Morgan fingerprint density at radius 1 is 0.765 bits per heavy atom. The normalized spacial score (nSPS) is 11.9. The van der Waals surface area contributed by atoms with E-state index >= 15 is 0 Å². The van der Waals surface area contributed by atoms with Crippen LogP contribution in [0.15, 0.2) is 36.4 Å². The van der Waals surface area contributed by atoms with Crippen LogP contribution < -0.4 is 18.9 Å². The lowest BCUT2D eigenvalue weighted by Crippen LogP contribution is -2.19. The van der Waals surface area contributed by atoms with Gasteiger partial charge >= 0.3 is 0 Å². The van der Waals surface area contributed by atoms with E-state index in [9.17, 15) is 9.59 Å². The molecule has 0 aliphatic heterocycles. The van der Waals surface area contributed by atoms with Crippen molar-refractivity contribution >= 4 is 19.0 Å². The second-order valence-corrected chi connectivity index (χ2v) is 11.2. The van der Waals surface area contributed by atoms with Crippen molar-refractivity contribution in [3.63, 3.8) is 0 Å². The lowest BCUT2D eigenvalue weighted by Gasteiger charge is -2.27. The highest BCUT2D eigenvalue weighted by molar-refractivity contribution is 7.90. The summed E-state index contributed by atoms with van der Waals surface area (Å²) in [5, 5.41) is 0. The second-order valence-electron chi connectivity index (χ2n) is 9.17. The summed E-state index contributed by atoms with van der Waals surface area (Å²) in [6.07, 6.45) is 1.31. The molecule has 0 spiro atoms. The predicted octanol–water partition coefficient (Wildman–Crippen LogP) is 5.43. The molecule has 1 atom stereocenters. The zero-order chi connectivity index (χ0) is 24.8. The maximum Gasteiger partial charge on any atom is 0.199 e. The summed E-state index contributed by atoms with van der Waals surface area (Å²) < 4.78 is 21.9. The number of rotatable bonds is 11. The van der Waals surface area contributed by atoms with E-state index in [1.165, 1.54) is 28.4 Å². The van der Waals surface area contributed by atoms with Crippen LogP contribution in [-0.4, -0.2) is 51.1 Å². The van der Waals surface area contributed by atoms with Gasteiger partial charge in [-0.05, 0) is 48.2 Å². The van der Waals surface area contributed by atoms with Gasteiger partial charge in [0.2, 0.25) is 0 Å². The molecule has 2 rings (SSSR count). The van der Waals surface area contributed by atoms with Gasteiger partial charge in [0.25, 0.3) is 0 Å². The van der Waals surface area contributed by atoms with Gasteiger partial charge in [-0.1, -0.05) is 39.8 Å². The van der Waals surface area contributed by atoms with Crippen molar-refractivity contribution in [3.05, 3.63) is 47.5 Å². The van der Waals surface area contributed by atoms with Crippen LogP contribution in [0.25, 0.3) is 0 Å². The van der Waals surface area contributed by atoms with Crippen LogP contribution >= 0.6 is 7.92 Å². The van der Waals surface area contributed by atoms with Crippen LogP contribution in [0.2, 0.25) is 0 Å². The Morgan fingerprint density at radius 3 is 1.35 bits per heavy atom. The van der Waals surface area contributed by atoms with Crippen molar-refractivity contribution in [2.75, 3.05) is 34.6 Å². The molecule has 1 unspecified atom stereocenters. The van der Waals surface area contributed by atoms with E-state index in [0.717, 1.165) is 6.42 Å². The van der Waals surface area contributed by atoms with Crippen LogP contribution in [0.1, 0.15) is 54.8 Å². The van der Waals surface area contributed by atoms with Gasteiger partial charge in [0.05, 0.1) is 28.4 Å². The third kappa shape index (κ3) is 6.94. The molecular formula is C26H37O7P. The zero-order valence-electron chi connectivity index (χ0n) is 21.4. The average Bonchev–Trinajstić information content (AvgIpc) is 2.79. The minimum absolute atomic E-state index is 0. The second kappa shape index (κ2) is 12.7. The van der Waals surface area contributed by atoms with E-state index < -0.39 is 7.92 Å². The van der Waals surface area contributed by atoms with Crippen LogP contribution in [0.5, 0.6) is 23.0 Å². The standard InChI is InChI=1S/C26H35O6P.H2O/c1-17(15-26(2,3)4)16-33(24(27)22-18(29-5)11-9-12-19(22)30-6)25(28)23-20(31-7)13-10-14-21(23)32-8;/h9-14,17H,15-16H2,1-8H3;1H2. The first-order chi connectivity index (χ1) is 15.6. The van der Waals surface area contributed by atoms with Crippen molar-refractivity contribution in [1.29, 1.82) is 0 Å². The van der Waals surface area contributed by atoms with Crippen molar-refractivity contribution in [2.24, 2.45) is 11.3 Å². The topological polar surface area (TPSA) is 103 Å². The Morgan fingerprint density at radius 2 is 1.09 bits per heavy atom. The fraction of sp³-hybridized carbons (Fsp3) is 0.462. The molecule has 0 amide bonds. The maximum atomic E-state index is 14.0. The molecule has 0 fully saturated rings.